The number of methoxy groups -OCH3 is 1. The van der Waals surface area contributed by atoms with Crippen molar-refractivity contribution in [2.45, 2.75) is 19.9 Å². The molecule has 108 valence electrons. The van der Waals surface area contributed by atoms with E-state index in [0.717, 1.165) is 17.3 Å². The molecule has 20 heavy (non-hydrogen) atoms. The SMILES string of the molecule is CCOC(=O)c1cc2cc(N)ccc2n1CCCOC. The molecular weight excluding hydrogens is 256 g/mol. The van der Waals surface area contributed by atoms with E-state index in [2.05, 4.69) is 0 Å². The van der Waals surface area contributed by atoms with Crippen molar-refractivity contribution in [3.8, 4) is 0 Å². The van der Waals surface area contributed by atoms with Crippen molar-refractivity contribution in [3.63, 3.8) is 0 Å². The van der Waals surface area contributed by atoms with E-state index in [1.165, 1.54) is 0 Å². The summed E-state index contributed by atoms with van der Waals surface area (Å²) in [4.78, 5) is 12.0. The van der Waals surface area contributed by atoms with E-state index >= 15 is 0 Å². The Kier molecular flexibility index (Phi) is 4.63. The number of hydrogen-bond donors (Lipinski definition) is 1. The van der Waals surface area contributed by atoms with Gasteiger partial charge in [0, 0.05) is 36.9 Å². The molecule has 0 aliphatic rings. The van der Waals surface area contributed by atoms with Crippen molar-refractivity contribution in [1.29, 1.82) is 0 Å². The number of fused-ring (bicyclic) bond motifs is 1. The normalized spacial score (nSPS) is 10.9. The second-order valence-electron chi connectivity index (χ2n) is 4.57. The smallest absolute Gasteiger partial charge is 0.354 e. The summed E-state index contributed by atoms with van der Waals surface area (Å²) in [7, 11) is 1.67. The van der Waals surface area contributed by atoms with Crippen LogP contribution in [0.25, 0.3) is 10.9 Å². The van der Waals surface area contributed by atoms with Gasteiger partial charge < -0.3 is 19.8 Å². The van der Waals surface area contributed by atoms with E-state index in [-0.39, 0.29) is 5.97 Å². The molecule has 1 heterocycles. The van der Waals surface area contributed by atoms with E-state index in [9.17, 15) is 4.79 Å². The third-order valence-corrected chi connectivity index (χ3v) is 3.14. The van der Waals surface area contributed by atoms with Gasteiger partial charge in [0.15, 0.2) is 0 Å². The number of carbonyl (C=O) groups excluding carboxylic acids is 1. The molecule has 0 saturated heterocycles. The van der Waals surface area contributed by atoms with Crippen LogP contribution in [0.4, 0.5) is 5.69 Å². The van der Waals surface area contributed by atoms with Crippen LogP contribution in [0, 0.1) is 0 Å². The minimum Gasteiger partial charge on any atom is -0.461 e. The van der Waals surface area contributed by atoms with Crippen molar-refractivity contribution in [1.82, 2.24) is 4.57 Å². The standard InChI is InChI=1S/C15H20N2O3/c1-3-20-15(18)14-10-11-9-12(16)5-6-13(11)17(14)7-4-8-19-2/h5-6,9-10H,3-4,7-8,16H2,1-2H3. The molecule has 0 aliphatic carbocycles. The molecule has 0 bridgehead atoms. The van der Waals surface area contributed by atoms with E-state index < -0.39 is 0 Å². The molecule has 0 fully saturated rings. The van der Waals surface area contributed by atoms with E-state index in [1.54, 1.807) is 14.0 Å². The number of aryl methyl sites for hydroxylation is 1. The molecule has 1 aromatic heterocycles. The number of anilines is 1. The van der Waals surface area contributed by atoms with Gasteiger partial charge in [0.1, 0.15) is 5.69 Å². The second kappa shape index (κ2) is 6.43. The van der Waals surface area contributed by atoms with Gasteiger partial charge in [0.25, 0.3) is 0 Å². The van der Waals surface area contributed by atoms with Crippen molar-refractivity contribution in [2.75, 3.05) is 26.1 Å². The Morgan fingerprint density at radius 2 is 2.15 bits per heavy atom. The number of rotatable bonds is 6. The molecule has 2 aromatic rings. The van der Waals surface area contributed by atoms with E-state index in [4.69, 9.17) is 15.2 Å². The number of nitrogens with zero attached hydrogens (tertiary/aromatic N) is 1. The second-order valence-corrected chi connectivity index (χ2v) is 4.57. The summed E-state index contributed by atoms with van der Waals surface area (Å²) < 4.78 is 12.1. The molecule has 0 saturated carbocycles. The summed E-state index contributed by atoms with van der Waals surface area (Å²) in [5.41, 5.74) is 8.02. The average molecular weight is 276 g/mol. The van der Waals surface area contributed by atoms with Crippen LogP contribution in [0.3, 0.4) is 0 Å². The molecule has 5 heteroatoms. The molecule has 2 N–H and O–H groups in total. The van der Waals surface area contributed by atoms with Gasteiger partial charge in [0.05, 0.1) is 6.61 Å². The van der Waals surface area contributed by atoms with Crippen LogP contribution in [0.2, 0.25) is 0 Å². The summed E-state index contributed by atoms with van der Waals surface area (Å²) >= 11 is 0. The summed E-state index contributed by atoms with van der Waals surface area (Å²) in [5.74, 6) is -0.306. The number of nitrogen functional groups attached to an aromatic ring is 1. The highest BCUT2D eigenvalue weighted by Gasteiger charge is 2.16. The largest absolute Gasteiger partial charge is 0.461 e. The first-order valence-electron chi connectivity index (χ1n) is 6.72. The summed E-state index contributed by atoms with van der Waals surface area (Å²) in [5, 5.41) is 0.950. The first kappa shape index (κ1) is 14.4. The van der Waals surface area contributed by atoms with Crippen LogP contribution in [0.5, 0.6) is 0 Å². The van der Waals surface area contributed by atoms with Crippen LogP contribution >= 0.6 is 0 Å². The maximum absolute atomic E-state index is 12.0. The molecule has 2 rings (SSSR count). The first-order chi connectivity index (χ1) is 9.67. The highest BCUT2D eigenvalue weighted by atomic mass is 16.5. The average Bonchev–Trinajstić information content (AvgIpc) is 2.77. The third kappa shape index (κ3) is 2.93. The quantitative estimate of drug-likeness (QED) is 0.500. The Bertz CT molecular complexity index is 604. The lowest BCUT2D eigenvalue weighted by atomic mass is 10.2. The first-order valence-corrected chi connectivity index (χ1v) is 6.72. The molecule has 0 unspecified atom stereocenters. The fourth-order valence-corrected chi connectivity index (χ4v) is 2.27. The summed E-state index contributed by atoms with van der Waals surface area (Å²) in [6.45, 7) is 3.51. The fourth-order valence-electron chi connectivity index (χ4n) is 2.27. The topological polar surface area (TPSA) is 66.5 Å². The predicted octanol–water partition coefficient (Wildman–Crippen LogP) is 2.44. The Hall–Kier alpha value is -2.01. The minimum absolute atomic E-state index is 0.306. The van der Waals surface area contributed by atoms with Crippen LogP contribution in [-0.2, 0) is 16.0 Å². The highest BCUT2D eigenvalue weighted by molar-refractivity contribution is 5.96. The van der Waals surface area contributed by atoms with Crippen molar-refractivity contribution < 1.29 is 14.3 Å². The molecule has 0 spiro atoms. The Labute approximate surface area is 118 Å². The maximum Gasteiger partial charge on any atom is 0.354 e. The van der Waals surface area contributed by atoms with Crippen LogP contribution in [-0.4, -0.2) is 30.9 Å². The Balaban J connectivity index is 2.42. The number of benzene rings is 1. The van der Waals surface area contributed by atoms with Gasteiger partial charge >= 0.3 is 5.97 Å². The number of esters is 1. The summed E-state index contributed by atoms with van der Waals surface area (Å²) in [6.07, 6.45) is 0.830. The molecule has 5 nitrogen and oxygen atoms in total. The molecule has 0 aliphatic heterocycles. The molecule has 0 amide bonds. The number of ether oxygens (including phenoxy) is 2. The van der Waals surface area contributed by atoms with Crippen molar-refractivity contribution in [2.24, 2.45) is 0 Å². The highest BCUT2D eigenvalue weighted by Crippen LogP contribution is 2.23. The van der Waals surface area contributed by atoms with Gasteiger partial charge in [-0.3, -0.25) is 0 Å². The Morgan fingerprint density at radius 1 is 1.35 bits per heavy atom. The lowest BCUT2D eigenvalue weighted by molar-refractivity contribution is 0.0513. The number of carbonyl (C=O) groups is 1. The van der Waals surface area contributed by atoms with Gasteiger partial charge in [-0.15, -0.1) is 0 Å². The van der Waals surface area contributed by atoms with Gasteiger partial charge in [0.2, 0.25) is 0 Å². The minimum atomic E-state index is -0.306. The van der Waals surface area contributed by atoms with Crippen molar-refractivity contribution >= 4 is 22.6 Å². The maximum atomic E-state index is 12.0. The third-order valence-electron chi connectivity index (χ3n) is 3.14. The molecule has 0 radical (unpaired) electrons. The molecular formula is C15H20N2O3. The van der Waals surface area contributed by atoms with Crippen LogP contribution < -0.4 is 5.73 Å². The zero-order valence-corrected chi connectivity index (χ0v) is 11.9. The summed E-state index contributed by atoms with van der Waals surface area (Å²) in [6, 6.07) is 7.46. The lowest BCUT2D eigenvalue weighted by Crippen LogP contribution is -2.13. The fraction of sp³-hybridized carbons (Fsp3) is 0.400. The number of hydrogen-bond acceptors (Lipinski definition) is 4. The Morgan fingerprint density at radius 3 is 2.85 bits per heavy atom. The number of nitrogens with two attached hydrogens (primary N) is 1. The van der Waals surface area contributed by atoms with Gasteiger partial charge in [-0.05, 0) is 37.6 Å². The molecule has 1 aromatic carbocycles. The zero-order valence-electron chi connectivity index (χ0n) is 11.9. The monoisotopic (exact) mass is 276 g/mol. The predicted molar refractivity (Wildman–Crippen MR) is 78.8 cm³/mol. The van der Waals surface area contributed by atoms with Gasteiger partial charge in [-0.1, -0.05) is 0 Å². The van der Waals surface area contributed by atoms with Crippen LogP contribution in [0.1, 0.15) is 23.8 Å². The van der Waals surface area contributed by atoms with Gasteiger partial charge in [-0.2, -0.15) is 0 Å². The van der Waals surface area contributed by atoms with E-state index in [0.29, 0.717) is 31.1 Å². The van der Waals surface area contributed by atoms with Crippen molar-refractivity contribution in [3.05, 3.63) is 30.0 Å². The molecule has 0 atom stereocenters. The van der Waals surface area contributed by atoms with E-state index in [1.807, 2.05) is 28.8 Å². The number of aromatic nitrogens is 1. The lowest BCUT2D eigenvalue weighted by Gasteiger charge is -2.10. The van der Waals surface area contributed by atoms with Crippen LogP contribution in [0.15, 0.2) is 24.3 Å². The van der Waals surface area contributed by atoms with Gasteiger partial charge in [-0.25, -0.2) is 4.79 Å². The zero-order chi connectivity index (χ0) is 14.5.